The molecule has 0 amide bonds. The van der Waals surface area contributed by atoms with Gasteiger partial charge in [0.2, 0.25) is 10.0 Å². The molecule has 11 heteroatoms. The van der Waals surface area contributed by atoms with Gasteiger partial charge in [-0.1, -0.05) is 23.7 Å². The number of nitro groups is 1. The Hall–Kier alpha value is -2.30. The molecule has 1 N–H and O–H groups in total. The van der Waals surface area contributed by atoms with Gasteiger partial charge in [0, 0.05) is 12.1 Å². The van der Waals surface area contributed by atoms with Gasteiger partial charge in [0.25, 0.3) is 5.69 Å². The smallest absolute Gasteiger partial charge is 0.316 e. The van der Waals surface area contributed by atoms with Crippen LogP contribution in [0.2, 0.25) is 5.02 Å². The van der Waals surface area contributed by atoms with E-state index in [0.29, 0.717) is 30.7 Å². The molecule has 1 heterocycles. The second-order valence-electron chi connectivity index (χ2n) is 6.12. The summed E-state index contributed by atoms with van der Waals surface area (Å²) in [6.07, 6.45) is 5.05. The molecule has 27 heavy (non-hydrogen) atoms. The molecule has 0 spiro atoms. The van der Waals surface area contributed by atoms with Gasteiger partial charge in [-0.3, -0.25) is 10.1 Å². The number of hydrogen-bond acceptors (Lipinski definition) is 7. The van der Waals surface area contributed by atoms with Crippen LogP contribution in [0.4, 0.5) is 5.69 Å². The number of benzene rings is 1. The van der Waals surface area contributed by atoms with Crippen molar-refractivity contribution in [3.8, 4) is 6.01 Å². The van der Waals surface area contributed by atoms with Gasteiger partial charge in [0.05, 0.1) is 22.3 Å². The molecule has 1 aliphatic rings. The lowest BCUT2D eigenvalue weighted by atomic mass is 9.94. The molecule has 0 saturated heterocycles. The highest BCUT2D eigenvalue weighted by Crippen LogP contribution is 2.26. The molecule has 144 valence electrons. The fourth-order valence-electron chi connectivity index (χ4n) is 2.93. The Kier molecular flexibility index (Phi) is 5.88. The normalized spacial score (nSPS) is 20.2. The molecule has 1 aliphatic carbocycles. The quantitative estimate of drug-likeness (QED) is 0.571. The van der Waals surface area contributed by atoms with Gasteiger partial charge < -0.3 is 4.74 Å². The number of sulfonamides is 1. The van der Waals surface area contributed by atoms with Crippen molar-refractivity contribution in [2.45, 2.75) is 42.7 Å². The maximum atomic E-state index is 12.6. The molecule has 1 fully saturated rings. The van der Waals surface area contributed by atoms with Gasteiger partial charge in [0.1, 0.15) is 6.10 Å². The minimum atomic E-state index is -3.99. The van der Waals surface area contributed by atoms with Crippen molar-refractivity contribution >= 4 is 27.3 Å². The number of rotatable bonds is 6. The van der Waals surface area contributed by atoms with Crippen LogP contribution in [0.25, 0.3) is 0 Å². The number of nitrogens with zero attached hydrogens (tertiary/aromatic N) is 3. The Bertz CT molecular complexity index is 915. The van der Waals surface area contributed by atoms with Crippen LogP contribution in [0.15, 0.2) is 41.6 Å². The average Bonchev–Trinajstić information content (AvgIpc) is 2.65. The Morgan fingerprint density at radius 1 is 1.15 bits per heavy atom. The molecule has 1 aromatic carbocycles. The lowest BCUT2D eigenvalue weighted by molar-refractivity contribution is -0.387. The van der Waals surface area contributed by atoms with E-state index in [0.717, 1.165) is 0 Å². The number of halogens is 1. The van der Waals surface area contributed by atoms with Gasteiger partial charge in [0.15, 0.2) is 4.90 Å². The molecule has 0 atom stereocenters. The summed E-state index contributed by atoms with van der Waals surface area (Å²) >= 11 is 5.73. The van der Waals surface area contributed by atoms with Gasteiger partial charge in [-0.05, 0) is 31.7 Å². The van der Waals surface area contributed by atoms with Crippen molar-refractivity contribution in [3.63, 3.8) is 0 Å². The van der Waals surface area contributed by atoms with Gasteiger partial charge in [-0.15, -0.1) is 0 Å². The summed E-state index contributed by atoms with van der Waals surface area (Å²) in [7, 11) is -3.99. The zero-order valence-corrected chi connectivity index (χ0v) is 15.7. The largest absolute Gasteiger partial charge is 0.460 e. The second-order valence-corrected chi connectivity index (χ2v) is 8.24. The van der Waals surface area contributed by atoms with Crippen LogP contribution >= 0.6 is 11.6 Å². The number of ether oxygens (including phenoxy) is 1. The molecule has 0 unspecified atom stereocenters. The van der Waals surface area contributed by atoms with E-state index in [2.05, 4.69) is 14.7 Å². The number of hydrogen-bond donors (Lipinski definition) is 1. The highest BCUT2D eigenvalue weighted by Gasteiger charge is 2.30. The predicted octanol–water partition coefficient (Wildman–Crippen LogP) is 2.71. The first kappa shape index (κ1) is 19.5. The number of nitrogens with one attached hydrogen (secondary N) is 1. The lowest BCUT2D eigenvalue weighted by Crippen LogP contribution is -2.39. The van der Waals surface area contributed by atoms with Crippen molar-refractivity contribution in [1.82, 2.24) is 14.7 Å². The summed E-state index contributed by atoms with van der Waals surface area (Å²) in [5.41, 5.74) is -0.443. The van der Waals surface area contributed by atoms with E-state index in [1.807, 2.05) is 0 Å². The van der Waals surface area contributed by atoms with E-state index in [-0.39, 0.29) is 23.1 Å². The Morgan fingerprint density at radius 3 is 2.41 bits per heavy atom. The Balaban J connectivity index is 1.60. The minimum absolute atomic E-state index is 0.127. The molecule has 0 aliphatic heterocycles. The standard InChI is InChI=1S/C16H17ClN4O5S/c17-11-9-18-16(19-10-11)26-13-7-5-12(6-8-13)20-27(24,25)15-4-2-1-3-14(15)21(22)23/h1-4,9-10,12-13,20H,5-8H2. The highest BCUT2D eigenvalue weighted by molar-refractivity contribution is 7.89. The molecular formula is C16H17ClN4O5S. The van der Waals surface area contributed by atoms with Gasteiger partial charge in [-0.25, -0.2) is 23.1 Å². The number of nitro benzene ring substituents is 1. The summed E-state index contributed by atoms with van der Waals surface area (Å²) in [4.78, 5) is 18.0. The van der Waals surface area contributed by atoms with Crippen LogP contribution in [0.3, 0.4) is 0 Å². The third-order valence-corrected chi connectivity index (χ3v) is 5.98. The third-order valence-electron chi connectivity index (χ3n) is 4.22. The number of para-hydroxylation sites is 1. The van der Waals surface area contributed by atoms with Crippen molar-refractivity contribution in [2.24, 2.45) is 0 Å². The molecule has 1 saturated carbocycles. The lowest BCUT2D eigenvalue weighted by Gasteiger charge is -2.28. The van der Waals surface area contributed by atoms with E-state index in [4.69, 9.17) is 16.3 Å². The van der Waals surface area contributed by atoms with Crippen molar-refractivity contribution < 1.29 is 18.1 Å². The van der Waals surface area contributed by atoms with Crippen LogP contribution in [0, 0.1) is 10.1 Å². The first-order valence-electron chi connectivity index (χ1n) is 8.25. The summed E-state index contributed by atoms with van der Waals surface area (Å²) in [6, 6.07) is 5.19. The summed E-state index contributed by atoms with van der Waals surface area (Å²) < 4.78 is 33.3. The Morgan fingerprint density at radius 2 is 1.78 bits per heavy atom. The second kappa shape index (κ2) is 8.15. The minimum Gasteiger partial charge on any atom is -0.460 e. The fraction of sp³-hybridized carbons (Fsp3) is 0.375. The van der Waals surface area contributed by atoms with Crippen LogP contribution in [-0.2, 0) is 10.0 Å². The first-order chi connectivity index (χ1) is 12.8. The molecular weight excluding hydrogens is 396 g/mol. The fourth-order valence-corrected chi connectivity index (χ4v) is 4.50. The van der Waals surface area contributed by atoms with Crippen molar-refractivity contribution in [1.29, 1.82) is 0 Å². The van der Waals surface area contributed by atoms with Crippen molar-refractivity contribution in [3.05, 3.63) is 51.8 Å². The zero-order chi connectivity index (χ0) is 19.4. The highest BCUT2D eigenvalue weighted by atomic mass is 35.5. The summed E-state index contributed by atoms with van der Waals surface area (Å²) in [5.74, 6) is 0. The third kappa shape index (κ3) is 4.90. The monoisotopic (exact) mass is 412 g/mol. The SMILES string of the molecule is O=[N+]([O-])c1ccccc1S(=O)(=O)NC1CCC(Oc2ncc(Cl)cn2)CC1. The van der Waals surface area contributed by atoms with E-state index in [1.54, 1.807) is 0 Å². The molecule has 3 rings (SSSR count). The van der Waals surface area contributed by atoms with Crippen LogP contribution < -0.4 is 9.46 Å². The predicted molar refractivity (Wildman–Crippen MR) is 97.1 cm³/mol. The van der Waals surface area contributed by atoms with E-state index >= 15 is 0 Å². The molecule has 2 aromatic rings. The maximum Gasteiger partial charge on any atom is 0.316 e. The van der Waals surface area contributed by atoms with Crippen LogP contribution in [0.5, 0.6) is 6.01 Å². The van der Waals surface area contributed by atoms with E-state index < -0.39 is 20.6 Å². The Labute approximate surface area is 160 Å². The average molecular weight is 413 g/mol. The summed E-state index contributed by atoms with van der Waals surface area (Å²) in [6.45, 7) is 0. The van der Waals surface area contributed by atoms with E-state index in [1.165, 1.54) is 36.7 Å². The maximum absolute atomic E-state index is 12.6. The first-order valence-corrected chi connectivity index (χ1v) is 10.1. The zero-order valence-electron chi connectivity index (χ0n) is 14.1. The summed E-state index contributed by atoms with van der Waals surface area (Å²) in [5, 5.41) is 11.5. The van der Waals surface area contributed by atoms with Gasteiger partial charge >= 0.3 is 6.01 Å². The van der Waals surface area contributed by atoms with E-state index in [9.17, 15) is 18.5 Å². The topological polar surface area (TPSA) is 124 Å². The van der Waals surface area contributed by atoms with Crippen LogP contribution in [-0.4, -0.2) is 35.5 Å². The van der Waals surface area contributed by atoms with Crippen LogP contribution in [0.1, 0.15) is 25.7 Å². The van der Waals surface area contributed by atoms with Gasteiger partial charge in [-0.2, -0.15) is 0 Å². The van der Waals surface area contributed by atoms with Crippen molar-refractivity contribution in [2.75, 3.05) is 0 Å². The molecule has 1 aromatic heterocycles. The molecule has 9 nitrogen and oxygen atoms in total. The molecule has 0 radical (unpaired) electrons. The molecule has 0 bridgehead atoms. The number of aromatic nitrogens is 2.